The van der Waals surface area contributed by atoms with Gasteiger partial charge in [0.05, 0.1) is 10.9 Å². The molecule has 1 unspecified atom stereocenters. The zero-order chi connectivity index (χ0) is 10.0. The fourth-order valence-corrected chi connectivity index (χ4v) is 2.30. The summed E-state index contributed by atoms with van der Waals surface area (Å²) in [4.78, 5) is 0.286. The van der Waals surface area contributed by atoms with Crippen molar-refractivity contribution in [1.82, 2.24) is 4.72 Å². The van der Waals surface area contributed by atoms with E-state index in [1.807, 2.05) is 0 Å². The Balaban J connectivity index is 2.21. The lowest BCUT2D eigenvalue weighted by molar-refractivity contribution is 0.571. The molecule has 0 heterocycles. The second kappa shape index (κ2) is 3.45. The third-order valence-electron chi connectivity index (χ3n) is 1.93. The van der Waals surface area contributed by atoms with Crippen LogP contribution < -0.4 is 4.72 Å². The van der Waals surface area contributed by atoms with E-state index >= 15 is 0 Å². The lowest BCUT2D eigenvalue weighted by atomic mass is 10.1. The molecule has 2 rings (SSSR count). The molecule has 4 heteroatoms. The summed E-state index contributed by atoms with van der Waals surface area (Å²) >= 11 is 0. The summed E-state index contributed by atoms with van der Waals surface area (Å²) in [6.07, 6.45) is 0.603. The van der Waals surface area contributed by atoms with Gasteiger partial charge in [-0.25, -0.2) is 8.42 Å². The summed E-state index contributed by atoms with van der Waals surface area (Å²) in [5, 5.41) is 0. The lowest BCUT2D eigenvalue weighted by Crippen LogP contribution is -2.36. The highest BCUT2D eigenvalue weighted by molar-refractivity contribution is 7.89. The molecule has 0 amide bonds. The van der Waals surface area contributed by atoms with Crippen LogP contribution in [0.5, 0.6) is 0 Å². The van der Waals surface area contributed by atoms with Gasteiger partial charge in [-0.05, 0) is 12.1 Å². The maximum atomic E-state index is 11.7. The topological polar surface area (TPSA) is 46.2 Å². The molecule has 72 valence electrons. The van der Waals surface area contributed by atoms with Gasteiger partial charge in [0.1, 0.15) is 0 Å². The van der Waals surface area contributed by atoms with Crippen molar-refractivity contribution in [2.24, 2.45) is 0 Å². The molecule has 1 aromatic rings. The van der Waals surface area contributed by atoms with Gasteiger partial charge in [-0.2, -0.15) is 4.72 Å². The smallest absolute Gasteiger partial charge is 0.207 e. The summed E-state index contributed by atoms with van der Waals surface area (Å²) < 4.78 is 25.8. The first-order valence-electron chi connectivity index (χ1n) is 4.24. The fraction of sp³-hybridized carbons (Fsp3) is 0.200. The molecule has 14 heavy (non-hydrogen) atoms. The zero-order valence-electron chi connectivity index (χ0n) is 7.40. The quantitative estimate of drug-likeness (QED) is 0.743. The SMILES string of the molecule is O=S(=O)(NC1C#CC1)c1ccccc1. The van der Waals surface area contributed by atoms with E-state index in [0.29, 0.717) is 6.42 Å². The van der Waals surface area contributed by atoms with Crippen molar-refractivity contribution in [2.45, 2.75) is 17.4 Å². The highest BCUT2D eigenvalue weighted by Crippen LogP contribution is 2.10. The molecule has 0 saturated heterocycles. The van der Waals surface area contributed by atoms with E-state index < -0.39 is 10.0 Å². The number of nitrogens with one attached hydrogen (secondary N) is 1. The molecule has 1 N–H and O–H groups in total. The van der Waals surface area contributed by atoms with E-state index in [4.69, 9.17) is 0 Å². The molecule has 0 bridgehead atoms. The number of sulfonamides is 1. The molecule has 1 aromatic carbocycles. The van der Waals surface area contributed by atoms with E-state index in [9.17, 15) is 8.42 Å². The Morgan fingerprint density at radius 2 is 1.93 bits per heavy atom. The van der Waals surface area contributed by atoms with Gasteiger partial charge < -0.3 is 0 Å². The second-order valence-electron chi connectivity index (χ2n) is 3.01. The molecule has 0 spiro atoms. The molecule has 0 aromatic heterocycles. The van der Waals surface area contributed by atoms with Gasteiger partial charge in [-0.3, -0.25) is 0 Å². The van der Waals surface area contributed by atoms with Crippen LogP contribution in [-0.4, -0.2) is 14.5 Å². The number of hydrogen-bond donors (Lipinski definition) is 1. The molecule has 1 aliphatic carbocycles. The van der Waals surface area contributed by atoms with Crippen molar-refractivity contribution in [1.29, 1.82) is 0 Å². The first-order valence-corrected chi connectivity index (χ1v) is 5.72. The molecular weight excluding hydrogens is 198 g/mol. The maximum absolute atomic E-state index is 11.7. The monoisotopic (exact) mass is 207 g/mol. The Labute approximate surface area is 83.2 Å². The van der Waals surface area contributed by atoms with Crippen LogP contribution in [0.1, 0.15) is 6.42 Å². The summed E-state index contributed by atoms with van der Waals surface area (Å²) in [6.45, 7) is 0. The maximum Gasteiger partial charge on any atom is 0.241 e. The minimum Gasteiger partial charge on any atom is -0.207 e. The van der Waals surface area contributed by atoms with Gasteiger partial charge in [0.2, 0.25) is 10.0 Å². The van der Waals surface area contributed by atoms with Gasteiger partial charge in [0.15, 0.2) is 0 Å². The molecule has 0 radical (unpaired) electrons. The van der Waals surface area contributed by atoms with Crippen LogP contribution in [0, 0.1) is 11.8 Å². The van der Waals surface area contributed by atoms with E-state index in [1.54, 1.807) is 30.3 Å². The van der Waals surface area contributed by atoms with Crippen molar-refractivity contribution in [3.05, 3.63) is 30.3 Å². The molecule has 3 nitrogen and oxygen atoms in total. The van der Waals surface area contributed by atoms with Crippen molar-refractivity contribution in [3.63, 3.8) is 0 Å². The Bertz CT molecular complexity index is 482. The number of rotatable bonds is 3. The van der Waals surface area contributed by atoms with E-state index in [2.05, 4.69) is 16.6 Å². The van der Waals surface area contributed by atoms with Crippen LogP contribution in [0.2, 0.25) is 0 Å². The fourth-order valence-electron chi connectivity index (χ4n) is 1.13. The van der Waals surface area contributed by atoms with Crippen LogP contribution in [0.4, 0.5) is 0 Å². The van der Waals surface area contributed by atoms with Gasteiger partial charge in [-0.1, -0.05) is 30.0 Å². The minimum atomic E-state index is -3.37. The largest absolute Gasteiger partial charge is 0.241 e. The Kier molecular flexibility index (Phi) is 2.28. The van der Waals surface area contributed by atoms with Gasteiger partial charge >= 0.3 is 0 Å². The zero-order valence-corrected chi connectivity index (χ0v) is 8.21. The Hall–Kier alpha value is -1.31. The Morgan fingerprint density at radius 3 is 2.43 bits per heavy atom. The average molecular weight is 207 g/mol. The standard InChI is InChI=1S/C10H9NO2S/c12-14(13,11-9-5-4-6-9)10-7-2-1-3-8-10/h1-3,7-9,11H,5H2. The van der Waals surface area contributed by atoms with E-state index in [-0.39, 0.29) is 10.9 Å². The van der Waals surface area contributed by atoms with Crippen molar-refractivity contribution < 1.29 is 8.42 Å². The third kappa shape index (κ3) is 1.79. The highest BCUT2D eigenvalue weighted by Gasteiger charge is 2.19. The summed E-state index contributed by atoms with van der Waals surface area (Å²) in [5.41, 5.74) is 0. The molecule has 1 aliphatic rings. The van der Waals surface area contributed by atoms with Crippen LogP contribution in [-0.2, 0) is 10.0 Å². The first-order chi connectivity index (χ1) is 6.68. The number of benzene rings is 1. The molecule has 0 aliphatic heterocycles. The first kappa shape index (κ1) is 9.25. The predicted molar refractivity (Wildman–Crippen MR) is 52.9 cm³/mol. The minimum absolute atomic E-state index is 0.208. The van der Waals surface area contributed by atoms with E-state index in [1.165, 1.54) is 0 Å². The average Bonchev–Trinajstić information content (AvgIpc) is 2.13. The Morgan fingerprint density at radius 1 is 1.29 bits per heavy atom. The van der Waals surface area contributed by atoms with Gasteiger partial charge in [0.25, 0.3) is 0 Å². The van der Waals surface area contributed by atoms with Crippen LogP contribution in [0.15, 0.2) is 35.2 Å². The second-order valence-corrected chi connectivity index (χ2v) is 4.73. The summed E-state index contributed by atoms with van der Waals surface area (Å²) in [6, 6.07) is 8.09. The van der Waals surface area contributed by atoms with Crippen molar-refractivity contribution in [2.75, 3.05) is 0 Å². The summed E-state index contributed by atoms with van der Waals surface area (Å²) in [5.74, 6) is 5.49. The van der Waals surface area contributed by atoms with Crippen LogP contribution in [0.3, 0.4) is 0 Å². The van der Waals surface area contributed by atoms with Crippen molar-refractivity contribution in [3.8, 4) is 11.8 Å². The molecular formula is C10H9NO2S. The number of hydrogen-bond acceptors (Lipinski definition) is 2. The molecule has 1 atom stereocenters. The lowest BCUT2D eigenvalue weighted by Gasteiger charge is -2.14. The van der Waals surface area contributed by atoms with Gasteiger partial charge in [0, 0.05) is 6.42 Å². The predicted octanol–water partition coefficient (Wildman–Crippen LogP) is 0.741. The van der Waals surface area contributed by atoms with Crippen LogP contribution in [0.25, 0.3) is 0 Å². The third-order valence-corrected chi connectivity index (χ3v) is 3.42. The van der Waals surface area contributed by atoms with Crippen molar-refractivity contribution >= 4 is 10.0 Å². The molecule has 0 saturated carbocycles. The van der Waals surface area contributed by atoms with Crippen LogP contribution >= 0.6 is 0 Å². The van der Waals surface area contributed by atoms with E-state index in [0.717, 1.165) is 0 Å². The normalized spacial score (nSPS) is 19.3. The molecule has 0 fully saturated rings. The highest BCUT2D eigenvalue weighted by atomic mass is 32.2. The van der Waals surface area contributed by atoms with Gasteiger partial charge in [-0.15, -0.1) is 0 Å². The summed E-state index contributed by atoms with van der Waals surface area (Å²) in [7, 11) is -3.37.